The molecular weight excluding hydrogens is 356 g/mol. The maximum atomic E-state index is 13.3. The zero-order chi connectivity index (χ0) is 18.7. The van der Waals surface area contributed by atoms with Gasteiger partial charge in [-0.05, 0) is 38.5 Å². The Kier molecular flexibility index (Phi) is 3.97. The van der Waals surface area contributed by atoms with Gasteiger partial charge in [-0.25, -0.2) is 0 Å². The Hall–Kier alpha value is -1.79. The molecule has 0 unspecified atom stereocenters. The Morgan fingerprint density at radius 2 is 2.15 bits per heavy atom. The van der Waals surface area contributed by atoms with Crippen molar-refractivity contribution < 1.29 is 19.1 Å². The van der Waals surface area contributed by atoms with E-state index >= 15 is 0 Å². The molecule has 140 valence electrons. The molecule has 7 heteroatoms. The Morgan fingerprint density at radius 1 is 1.38 bits per heavy atom. The highest BCUT2D eigenvalue weighted by Crippen LogP contribution is 2.46. The number of benzene rings is 1. The maximum absolute atomic E-state index is 13.3. The van der Waals surface area contributed by atoms with Gasteiger partial charge in [0.2, 0.25) is 5.91 Å². The Balaban J connectivity index is 1.57. The summed E-state index contributed by atoms with van der Waals surface area (Å²) in [6, 6.07) is 5.23. The first-order valence-corrected chi connectivity index (χ1v) is 9.33. The zero-order valence-corrected chi connectivity index (χ0v) is 16.0. The van der Waals surface area contributed by atoms with Crippen molar-refractivity contribution in [3.8, 4) is 5.75 Å². The van der Waals surface area contributed by atoms with Crippen molar-refractivity contribution in [3.05, 3.63) is 28.8 Å². The lowest BCUT2D eigenvalue weighted by molar-refractivity contribution is -0.150. The number of nitrogens with zero attached hydrogens (tertiary/aromatic N) is 2. The van der Waals surface area contributed by atoms with Crippen molar-refractivity contribution in [2.75, 3.05) is 19.7 Å². The Morgan fingerprint density at radius 3 is 2.92 bits per heavy atom. The summed E-state index contributed by atoms with van der Waals surface area (Å²) in [5.41, 5.74) is -0.730. The second-order valence-electron chi connectivity index (χ2n) is 7.75. The molecule has 2 atom stereocenters. The first kappa shape index (κ1) is 17.6. The van der Waals surface area contributed by atoms with E-state index in [0.29, 0.717) is 43.3 Å². The van der Waals surface area contributed by atoms with Crippen LogP contribution in [0.25, 0.3) is 0 Å². The predicted molar refractivity (Wildman–Crippen MR) is 96.0 cm³/mol. The maximum Gasteiger partial charge on any atom is 0.266 e. The van der Waals surface area contributed by atoms with Crippen LogP contribution in [0.3, 0.4) is 0 Å². The van der Waals surface area contributed by atoms with Gasteiger partial charge in [0.15, 0.2) is 11.3 Å². The molecule has 26 heavy (non-hydrogen) atoms. The highest BCUT2D eigenvalue weighted by molar-refractivity contribution is 6.32. The quantitative estimate of drug-likeness (QED) is 0.810. The first-order chi connectivity index (χ1) is 12.2. The fourth-order valence-corrected chi connectivity index (χ4v) is 4.54. The van der Waals surface area contributed by atoms with Crippen LogP contribution in [0, 0.1) is 6.92 Å². The molecule has 4 rings (SSSR count). The standard InChI is InChI=1S/C19H23ClN2O4/c1-12-4-5-13(20)14(10-12)26-18(2,3)17(24)21-7-6-19-15(21)11-16(23)22(19)8-9-25-19/h4-5,10,15H,6-9,11H2,1-3H3/t15-,19+/m1/s1. The Bertz CT molecular complexity index is 781. The molecule has 3 aliphatic rings. The third kappa shape index (κ3) is 2.50. The summed E-state index contributed by atoms with van der Waals surface area (Å²) in [4.78, 5) is 29.1. The van der Waals surface area contributed by atoms with Gasteiger partial charge in [0.25, 0.3) is 5.91 Å². The summed E-state index contributed by atoms with van der Waals surface area (Å²) in [6.45, 7) is 7.12. The van der Waals surface area contributed by atoms with Gasteiger partial charge >= 0.3 is 0 Å². The van der Waals surface area contributed by atoms with Crippen molar-refractivity contribution in [1.82, 2.24) is 9.80 Å². The second kappa shape index (κ2) is 5.86. The summed E-state index contributed by atoms with van der Waals surface area (Å²) in [7, 11) is 0. The zero-order valence-electron chi connectivity index (χ0n) is 15.3. The third-order valence-electron chi connectivity index (χ3n) is 5.63. The number of aryl methyl sites for hydroxylation is 1. The first-order valence-electron chi connectivity index (χ1n) is 8.95. The molecule has 1 spiro atoms. The summed E-state index contributed by atoms with van der Waals surface area (Å²) < 4.78 is 12.0. The van der Waals surface area contributed by atoms with Crippen molar-refractivity contribution in [2.24, 2.45) is 0 Å². The van der Waals surface area contributed by atoms with Gasteiger partial charge in [-0.3, -0.25) is 9.59 Å². The van der Waals surface area contributed by atoms with Crippen molar-refractivity contribution >= 4 is 23.4 Å². The molecule has 0 N–H and O–H groups in total. The minimum Gasteiger partial charge on any atom is -0.476 e. The number of ether oxygens (including phenoxy) is 2. The molecule has 3 aliphatic heterocycles. The third-order valence-corrected chi connectivity index (χ3v) is 5.94. The number of carbonyl (C=O) groups is 2. The minimum absolute atomic E-state index is 0.0606. The van der Waals surface area contributed by atoms with Crippen LogP contribution in [0.1, 0.15) is 32.3 Å². The van der Waals surface area contributed by atoms with Crippen molar-refractivity contribution in [2.45, 2.75) is 51.0 Å². The fraction of sp³-hybridized carbons (Fsp3) is 0.579. The highest BCUT2D eigenvalue weighted by Gasteiger charge is 2.63. The molecule has 1 aromatic carbocycles. The number of halogens is 1. The Labute approximate surface area is 158 Å². The topological polar surface area (TPSA) is 59.1 Å². The van der Waals surface area contributed by atoms with Gasteiger partial charge in [-0.2, -0.15) is 0 Å². The number of amides is 2. The number of hydrogen-bond donors (Lipinski definition) is 0. The average Bonchev–Trinajstić information content (AvgIpc) is 3.21. The molecule has 6 nitrogen and oxygen atoms in total. The fourth-order valence-electron chi connectivity index (χ4n) is 4.39. The monoisotopic (exact) mass is 378 g/mol. The van der Waals surface area contributed by atoms with Gasteiger partial charge in [-0.15, -0.1) is 0 Å². The summed E-state index contributed by atoms with van der Waals surface area (Å²) in [6.07, 6.45) is 0.962. The van der Waals surface area contributed by atoms with Crippen LogP contribution < -0.4 is 4.74 Å². The lowest BCUT2D eigenvalue weighted by Crippen LogP contribution is -2.54. The summed E-state index contributed by atoms with van der Waals surface area (Å²) in [5, 5.41) is 0.468. The van der Waals surface area contributed by atoms with Crippen LogP contribution in [0.2, 0.25) is 5.02 Å². The van der Waals surface area contributed by atoms with Gasteiger partial charge < -0.3 is 19.3 Å². The van der Waals surface area contributed by atoms with E-state index in [4.69, 9.17) is 21.1 Å². The van der Waals surface area contributed by atoms with Gasteiger partial charge in [-0.1, -0.05) is 17.7 Å². The molecule has 2 amide bonds. The number of hydrogen-bond acceptors (Lipinski definition) is 4. The van der Waals surface area contributed by atoms with E-state index in [9.17, 15) is 9.59 Å². The van der Waals surface area contributed by atoms with Crippen LogP contribution in [0.5, 0.6) is 5.75 Å². The molecule has 0 saturated carbocycles. The van der Waals surface area contributed by atoms with E-state index in [2.05, 4.69) is 0 Å². The molecule has 0 aromatic heterocycles. The predicted octanol–water partition coefficient (Wildman–Crippen LogP) is 2.37. The average molecular weight is 379 g/mol. The normalized spacial score (nSPS) is 27.7. The van der Waals surface area contributed by atoms with Crippen molar-refractivity contribution in [3.63, 3.8) is 0 Å². The van der Waals surface area contributed by atoms with E-state index in [1.54, 1.807) is 29.7 Å². The largest absolute Gasteiger partial charge is 0.476 e. The molecule has 0 radical (unpaired) electrons. The van der Waals surface area contributed by atoms with Gasteiger partial charge in [0.05, 0.1) is 24.1 Å². The smallest absolute Gasteiger partial charge is 0.266 e. The molecule has 3 fully saturated rings. The van der Waals surface area contributed by atoms with E-state index in [0.717, 1.165) is 5.56 Å². The molecular formula is C19H23ClN2O4. The van der Waals surface area contributed by atoms with E-state index in [1.807, 2.05) is 19.1 Å². The van der Waals surface area contributed by atoms with Crippen LogP contribution in [0.4, 0.5) is 0 Å². The second-order valence-corrected chi connectivity index (χ2v) is 8.16. The SMILES string of the molecule is Cc1ccc(Cl)c(OC(C)(C)C(=O)N2CC[C@@]34OCCN3C(=O)C[C@@H]24)c1. The van der Waals surface area contributed by atoms with Crippen molar-refractivity contribution in [1.29, 1.82) is 0 Å². The van der Waals surface area contributed by atoms with Crippen LogP contribution in [-0.4, -0.2) is 58.7 Å². The summed E-state index contributed by atoms with van der Waals surface area (Å²) in [5.74, 6) is 0.396. The number of likely N-dealkylation sites (tertiary alicyclic amines) is 1. The number of rotatable bonds is 3. The van der Waals surface area contributed by atoms with E-state index in [-0.39, 0.29) is 17.9 Å². The molecule has 1 aromatic rings. The van der Waals surface area contributed by atoms with E-state index < -0.39 is 11.3 Å². The van der Waals surface area contributed by atoms with Crippen LogP contribution in [0.15, 0.2) is 18.2 Å². The lowest BCUT2D eigenvalue weighted by Gasteiger charge is -2.35. The van der Waals surface area contributed by atoms with Gasteiger partial charge in [0.1, 0.15) is 5.75 Å². The molecule has 3 heterocycles. The summed E-state index contributed by atoms with van der Waals surface area (Å²) >= 11 is 6.23. The number of carbonyl (C=O) groups excluding carboxylic acids is 2. The lowest BCUT2D eigenvalue weighted by atomic mass is 10.0. The molecule has 3 saturated heterocycles. The van der Waals surface area contributed by atoms with E-state index in [1.165, 1.54) is 0 Å². The van der Waals surface area contributed by atoms with Crippen LogP contribution in [-0.2, 0) is 14.3 Å². The minimum atomic E-state index is -1.10. The molecule has 0 aliphatic carbocycles. The van der Waals surface area contributed by atoms with Gasteiger partial charge in [0, 0.05) is 19.5 Å². The molecule has 0 bridgehead atoms. The van der Waals surface area contributed by atoms with Crippen LogP contribution >= 0.6 is 11.6 Å². The highest BCUT2D eigenvalue weighted by atomic mass is 35.5.